The number of hydrogen-bond donors (Lipinski definition) is 2. The molecule has 27 heavy (non-hydrogen) atoms. The molecule has 0 spiro atoms. The van der Waals surface area contributed by atoms with Crippen LogP contribution in [-0.4, -0.2) is 49.4 Å². The van der Waals surface area contributed by atoms with Gasteiger partial charge in [0.1, 0.15) is 0 Å². The first-order chi connectivity index (χ1) is 13.0. The molecule has 2 aromatic rings. The Labute approximate surface area is 164 Å². The molecule has 1 aliphatic rings. The van der Waals surface area contributed by atoms with Gasteiger partial charge in [-0.1, -0.05) is 17.7 Å². The number of carbonyl (C=O) groups is 2. The van der Waals surface area contributed by atoms with E-state index in [0.29, 0.717) is 17.9 Å². The number of rotatable bonds is 5. The third kappa shape index (κ3) is 5.70. The molecule has 0 atom stereocenters. The van der Waals surface area contributed by atoms with Crippen LogP contribution in [0.4, 0.5) is 17.1 Å². The molecule has 1 saturated heterocycles. The van der Waals surface area contributed by atoms with Crippen LogP contribution >= 0.6 is 11.6 Å². The Bertz CT molecular complexity index is 802. The fourth-order valence-electron chi connectivity index (χ4n) is 3.08. The van der Waals surface area contributed by atoms with Crippen molar-refractivity contribution < 1.29 is 9.59 Å². The lowest BCUT2D eigenvalue weighted by molar-refractivity contribution is -0.117. The Morgan fingerprint density at radius 1 is 0.963 bits per heavy atom. The SMILES string of the molecule is CC(=O)Nc1ccc(NC(=O)CN2CCN(c3cccc(Cl)c3)CC2)cc1. The first-order valence-electron chi connectivity index (χ1n) is 8.90. The molecular formula is C20H23ClN4O2. The lowest BCUT2D eigenvalue weighted by atomic mass is 10.2. The third-order valence-electron chi connectivity index (χ3n) is 4.40. The highest BCUT2D eigenvalue weighted by atomic mass is 35.5. The van der Waals surface area contributed by atoms with Crippen molar-refractivity contribution in [1.29, 1.82) is 0 Å². The maximum atomic E-state index is 12.3. The van der Waals surface area contributed by atoms with Gasteiger partial charge in [-0.05, 0) is 42.5 Å². The van der Waals surface area contributed by atoms with Gasteiger partial charge in [-0.2, -0.15) is 0 Å². The Morgan fingerprint density at radius 2 is 1.59 bits per heavy atom. The number of nitrogens with one attached hydrogen (secondary N) is 2. The van der Waals surface area contributed by atoms with E-state index in [0.717, 1.165) is 36.9 Å². The van der Waals surface area contributed by atoms with Crippen LogP contribution in [0.3, 0.4) is 0 Å². The monoisotopic (exact) mass is 386 g/mol. The molecule has 0 bridgehead atoms. The van der Waals surface area contributed by atoms with Crippen LogP contribution in [0.5, 0.6) is 0 Å². The lowest BCUT2D eigenvalue weighted by Gasteiger charge is -2.35. The van der Waals surface area contributed by atoms with Crippen LogP contribution in [0.2, 0.25) is 5.02 Å². The highest BCUT2D eigenvalue weighted by Gasteiger charge is 2.19. The molecule has 6 nitrogen and oxygen atoms in total. The van der Waals surface area contributed by atoms with Crippen molar-refractivity contribution in [2.24, 2.45) is 0 Å². The molecule has 0 saturated carbocycles. The second-order valence-electron chi connectivity index (χ2n) is 6.55. The number of halogens is 1. The normalized spacial score (nSPS) is 14.7. The van der Waals surface area contributed by atoms with Gasteiger partial charge < -0.3 is 15.5 Å². The van der Waals surface area contributed by atoms with Crippen molar-refractivity contribution in [2.45, 2.75) is 6.92 Å². The number of piperazine rings is 1. The first-order valence-corrected chi connectivity index (χ1v) is 9.28. The van der Waals surface area contributed by atoms with Gasteiger partial charge in [-0.25, -0.2) is 0 Å². The molecule has 0 radical (unpaired) electrons. The second-order valence-corrected chi connectivity index (χ2v) is 6.99. The van der Waals surface area contributed by atoms with E-state index < -0.39 is 0 Å². The summed E-state index contributed by atoms with van der Waals surface area (Å²) in [4.78, 5) is 27.7. The number of nitrogens with zero attached hydrogens (tertiary/aromatic N) is 2. The minimum atomic E-state index is -0.122. The average molecular weight is 387 g/mol. The molecule has 7 heteroatoms. The summed E-state index contributed by atoms with van der Waals surface area (Å²) in [6.07, 6.45) is 0. The van der Waals surface area contributed by atoms with Gasteiger partial charge in [0.15, 0.2) is 0 Å². The summed E-state index contributed by atoms with van der Waals surface area (Å²) < 4.78 is 0. The fraction of sp³-hybridized carbons (Fsp3) is 0.300. The zero-order valence-corrected chi connectivity index (χ0v) is 16.0. The lowest BCUT2D eigenvalue weighted by Crippen LogP contribution is -2.48. The molecule has 0 aromatic heterocycles. The molecule has 1 fully saturated rings. The first kappa shape index (κ1) is 19.2. The summed E-state index contributed by atoms with van der Waals surface area (Å²) in [5.74, 6) is -0.165. The summed E-state index contributed by atoms with van der Waals surface area (Å²) in [7, 11) is 0. The molecule has 1 heterocycles. The quantitative estimate of drug-likeness (QED) is 0.828. The third-order valence-corrected chi connectivity index (χ3v) is 4.64. The largest absolute Gasteiger partial charge is 0.369 e. The minimum absolute atomic E-state index is 0.0431. The van der Waals surface area contributed by atoms with Crippen LogP contribution in [-0.2, 0) is 9.59 Å². The van der Waals surface area contributed by atoms with Gasteiger partial charge in [0, 0.05) is 55.2 Å². The number of hydrogen-bond acceptors (Lipinski definition) is 4. The van der Waals surface area contributed by atoms with E-state index in [9.17, 15) is 9.59 Å². The minimum Gasteiger partial charge on any atom is -0.369 e. The van der Waals surface area contributed by atoms with E-state index in [1.165, 1.54) is 6.92 Å². The second kappa shape index (κ2) is 8.88. The molecular weight excluding hydrogens is 364 g/mol. The van der Waals surface area contributed by atoms with Gasteiger partial charge in [0.05, 0.1) is 6.54 Å². The molecule has 3 rings (SSSR count). The van der Waals surface area contributed by atoms with Crippen molar-refractivity contribution in [3.8, 4) is 0 Å². The summed E-state index contributed by atoms with van der Waals surface area (Å²) in [6.45, 7) is 5.18. The Balaban J connectivity index is 1.46. The van der Waals surface area contributed by atoms with Crippen LogP contribution in [0, 0.1) is 0 Å². The highest BCUT2D eigenvalue weighted by molar-refractivity contribution is 6.30. The number of anilines is 3. The zero-order valence-electron chi connectivity index (χ0n) is 15.2. The van der Waals surface area contributed by atoms with E-state index in [4.69, 9.17) is 11.6 Å². The molecule has 2 aromatic carbocycles. The highest BCUT2D eigenvalue weighted by Crippen LogP contribution is 2.20. The van der Waals surface area contributed by atoms with Gasteiger partial charge in [-0.3, -0.25) is 14.5 Å². The van der Waals surface area contributed by atoms with Gasteiger partial charge >= 0.3 is 0 Å². The van der Waals surface area contributed by atoms with Crippen molar-refractivity contribution in [3.63, 3.8) is 0 Å². The van der Waals surface area contributed by atoms with E-state index in [2.05, 4.69) is 26.5 Å². The Morgan fingerprint density at radius 3 is 2.19 bits per heavy atom. The molecule has 0 unspecified atom stereocenters. The predicted octanol–water partition coefficient (Wildman–Crippen LogP) is 3.06. The summed E-state index contributed by atoms with van der Waals surface area (Å²) >= 11 is 6.06. The van der Waals surface area contributed by atoms with Crippen molar-refractivity contribution in [2.75, 3.05) is 48.3 Å². The predicted molar refractivity (Wildman–Crippen MR) is 109 cm³/mol. The Hall–Kier alpha value is -2.57. The van der Waals surface area contributed by atoms with Crippen molar-refractivity contribution in [1.82, 2.24) is 4.90 Å². The van der Waals surface area contributed by atoms with Crippen LogP contribution in [0.15, 0.2) is 48.5 Å². The maximum Gasteiger partial charge on any atom is 0.238 e. The van der Waals surface area contributed by atoms with Gasteiger partial charge in [-0.15, -0.1) is 0 Å². The summed E-state index contributed by atoms with van der Waals surface area (Å²) in [6, 6.07) is 14.9. The average Bonchev–Trinajstić information content (AvgIpc) is 2.63. The van der Waals surface area contributed by atoms with E-state index in [1.807, 2.05) is 18.2 Å². The van der Waals surface area contributed by atoms with Crippen LogP contribution in [0.25, 0.3) is 0 Å². The van der Waals surface area contributed by atoms with E-state index in [1.54, 1.807) is 24.3 Å². The van der Waals surface area contributed by atoms with E-state index in [-0.39, 0.29) is 11.8 Å². The smallest absolute Gasteiger partial charge is 0.238 e. The van der Waals surface area contributed by atoms with Gasteiger partial charge in [0.25, 0.3) is 0 Å². The van der Waals surface area contributed by atoms with Crippen LogP contribution in [0.1, 0.15) is 6.92 Å². The molecule has 2 N–H and O–H groups in total. The standard InChI is InChI=1S/C20H23ClN4O2/c1-15(26)22-17-5-7-18(8-6-17)23-20(27)14-24-9-11-25(12-10-24)19-4-2-3-16(21)13-19/h2-8,13H,9-12,14H2,1H3,(H,22,26)(H,23,27). The summed E-state index contributed by atoms with van der Waals surface area (Å²) in [5.41, 5.74) is 2.54. The van der Waals surface area contributed by atoms with Crippen molar-refractivity contribution in [3.05, 3.63) is 53.6 Å². The van der Waals surface area contributed by atoms with Crippen LogP contribution < -0.4 is 15.5 Å². The maximum absolute atomic E-state index is 12.3. The Kier molecular flexibility index (Phi) is 6.32. The molecule has 0 aliphatic carbocycles. The van der Waals surface area contributed by atoms with E-state index >= 15 is 0 Å². The van der Waals surface area contributed by atoms with Gasteiger partial charge in [0.2, 0.25) is 11.8 Å². The molecule has 142 valence electrons. The number of benzene rings is 2. The number of carbonyl (C=O) groups excluding carboxylic acids is 2. The number of amides is 2. The summed E-state index contributed by atoms with van der Waals surface area (Å²) in [5, 5.41) is 6.33. The van der Waals surface area contributed by atoms with Crippen molar-refractivity contribution >= 4 is 40.5 Å². The fourth-order valence-corrected chi connectivity index (χ4v) is 3.27. The molecule has 1 aliphatic heterocycles. The topological polar surface area (TPSA) is 64.7 Å². The molecule has 2 amide bonds. The zero-order chi connectivity index (χ0) is 19.2.